The van der Waals surface area contributed by atoms with Gasteiger partial charge in [-0.25, -0.2) is 14.3 Å². The number of hydrogen-bond donors (Lipinski definition) is 1. The topological polar surface area (TPSA) is 98.7 Å². The maximum absolute atomic E-state index is 13.2. The molecule has 0 spiro atoms. The zero-order chi connectivity index (χ0) is 24.0. The van der Waals surface area contributed by atoms with Gasteiger partial charge in [0.05, 0.1) is 24.5 Å². The maximum atomic E-state index is 13.2. The summed E-state index contributed by atoms with van der Waals surface area (Å²) < 4.78 is 5.43. The average molecular weight is 460 g/mol. The number of aromatic nitrogens is 7. The molecule has 1 N–H and O–H groups in total. The van der Waals surface area contributed by atoms with Gasteiger partial charge in [-0.05, 0) is 19.2 Å². The molecule has 1 aliphatic rings. The van der Waals surface area contributed by atoms with E-state index in [4.69, 9.17) is 4.98 Å². The quantitative estimate of drug-likeness (QED) is 0.458. The maximum Gasteiger partial charge on any atom is 0.278 e. The van der Waals surface area contributed by atoms with Crippen molar-refractivity contribution in [3.8, 4) is 5.69 Å². The van der Waals surface area contributed by atoms with Gasteiger partial charge < -0.3 is 5.32 Å². The molecule has 0 saturated heterocycles. The zero-order valence-electron chi connectivity index (χ0n) is 20.0. The van der Waals surface area contributed by atoms with Gasteiger partial charge in [0.15, 0.2) is 11.5 Å². The summed E-state index contributed by atoms with van der Waals surface area (Å²) in [6.07, 6.45) is 5.03. The van der Waals surface area contributed by atoms with Crippen LogP contribution in [0.1, 0.15) is 32.2 Å². The number of pyridine rings is 1. The third-order valence-corrected chi connectivity index (χ3v) is 5.96. The van der Waals surface area contributed by atoms with Crippen LogP contribution in [0.15, 0.2) is 48.0 Å². The molecule has 1 aliphatic heterocycles. The second-order valence-electron chi connectivity index (χ2n) is 9.67. The van der Waals surface area contributed by atoms with Crippen molar-refractivity contribution >= 4 is 22.8 Å². The van der Waals surface area contributed by atoms with Gasteiger partial charge in [0.25, 0.3) is 5.56 Å². The van der Waals surface area contributed by atoms with E-state index in [0.717, 1.165) is 36.7 Å². The number of rotatable bonds is 5. The molecule has 10 heteroatoms. The van der Waals surface area contributed by atoms with Crippen molar-refractivity contribution in [1.29, 1.82) is 0 Å². The van der Waals surface area contributed by atoms with E-state index >= 15 is 0 Å². The smallest absolute Gasteiger partial charge is 0.278 e. The molecule has 0 radical (unpaired) electrons. The molecule has 0 fully saturated rings. The van der Waals surface area contributed by atoms with Gasteiger partial charge in [-0.1, -0.05) is 26.8 Å². The van der Waals surface area contributed by atoms with E-state index in [1.165, 1.54) is 0 Å². The summed E-state index contributed by atoms with van der Waals surface area (Å²) in [6.45, 7) is 13.1. The first-order valence-corrected chi connectivity index (χ1v) is 11.3. The number of fused-ring (bicyclic) bond motifs is 2. The minimum absolute atomic E-state index is 0.140. The van der Waals surface area contributed by atoms with Crippen LogP contribution >= 0.6 is 0 Å². The molecule has 10 nitrogen and oxygen atoms in total. The van der Waals surface area contributed by atoms with Crippen molar-refractivity contribution in [2.75, 3.05) is 18.9 Å². The third kappa shape index (κ3) is 3.90. The summed E-state index contributed by atoms with van der Waals surface area (Å²) in [5.74, 6) is 1.06. The Kier molecular flexibility index (Phi) is 5.32. The molecule has 5 heterocycles. The summed E-state index contributed by atoms with van der Waals surface area (Å²) in [5, 5.41) is 8.29. The molecule has 4 aromatic rings. The molecule has 0 atom stereocenters. The van der Waals surface area contributed by atoms with Crippen LogP contribution in [-0.4, -0.2) is 52.6 Å². The van der Waals surface area contributed by atoms with Crippen LogP contribution in [0, 0.1) is 0 Å². The SMILES string of the molecule is C=CCn1c(=O)c2cnc(Nc3cc4n(n3)CCN(C)C4)nc2n1-c1ccnc(C(C)(C)C)c1. The molecule has 176 valence electrons. The van der Waals surface area contributed by atoms with E-state index in [-0.39, 0.29) is 11.0 Å². The molecule has 0 saturated carbocycles. The highest BCUT2D eigenvalue weighted by Crippen LogP contribution is 2.24. The molecular formula is C24H29N9O. The Morgan fingerprint density at radius 3 is 2.79 bits per heavy atom. The third-order valence-electron chi connectivity index (χ3n) is 5.96. The van der Waals surface area contributed by atoms with Crippen molar-refractivity contribution in [2.45, 2.75) is 45.8 Å². The predicted octanol–water partition coefficient (Wildman–Crippen LogP) is 2.85. The Labute approximate surface area is 197 Å². The van der Waals surface area contributed by atoms with Gasteiger partial charge >= 0.3 is 0 Å². The summed E-state index contributed by atoms with van der Waals surface area (Å²) in [6, 6.07) is 5.88. The van der Waals surface area contributed by atoms with Gasteiger partial charge in [-0.15, -0.1) is 6.58 Å². The first kappa shape index (κ1) is 22.0. The molecular weight excluding hydrogens is 430 g/mol. The van der Waals surface area contributed by atoms with E-state index < -0.39 is 0 Å². The van der Waals surface area contributed by atoms with E-state index in [1.54, 1.807) is 23.2 Å². The minimum Gasteiger partial charge on any atom is -0.307 e. The van der Waals surface area contributed by atoms with Crippen molar-refractivity contribution in [1.82, 2.24) is 39.0 Å². The van der Waals surface area contributed by atoms with Gasteiger partial charge in [0.1, 0.15) is 5.39 Å². The minimum atomic E-state index is -0.170. The predicted molar refractivity (Wildman–Crippen MR) is 132 cm³/mol. The van der Waals surface area contributed by atoms with E-state index in [2.05, 4.69) is 59.7 Å². The lowest BCUT2D eigenvalue weighted by Crippen LogP contribution is -2.30. The fourth-order valence-electron chi connectivity index (χ4n) is 4.17. The summed E-state index contributed by atoms with van der Waals surface area (Å²) in [4.78, 5) is 29.1. The van der Waals surface area contributed by atoms with Gasteiger partial charge in [0, 0.05) is 42.7 Å². The van der Waals surface area contributed by atoms with Crippen LogP contribution in [0.4, 0.5) is 11.8 Å². The van der Waals surface area contributed by atoms with Crippen LogP contribution in [0.3, 0.4) is 0 Å². The highest BCUT2D eigenvalue weighted by molar-refractivity contribution is 5.77. The van der Waals surface area contributed by atoms with Crippen LogP contribution < -0.4 is 10.9 Å². The summed E-state index contributed by atoms with van der Waals surface area (Å²) in [7, 11) is 2.10. The molecule has 0 bridgehead atoms. The number of likely N-dealkylation sites (N-methyl/N-ethyl adjacent to an activating group) is 1. The first-order chi connectivity index (χ1) is 16.2. The molecule has 0 amide bonds. The Bertz CT molecular complexity index is 1440. The van der Waals surface area contributed by atoms with Gasteiger partial charge in [0.2, 0.25) is 5.95 Å². The largest absolute Gasteiger partial charge is 0.307 e. The average Bonchev–Trinajstić information content (AvgIpc) is 3.31. The van der Waals surface area contributed by atoms with E-state index in [0.29, 0.717) is 29.3 Å². The Balaban J connectivity index is 1.61. The Morgan fingerprint density at radius 2 is 2.03 bits per heavy atom. The second-order valence-corrected chi connectivity index (χ2v) is 9.67. The normalized spacial score (nSPS) is 14.4. The lowest BCUT2D eigenvalue weighted by molar-refractivity contribution is 0.259. The number of nitrogens with one attached hydrogen (secondary N) is 1. The van der Waals surface area contributed by atoms with Crippen LogP contribution in [-0.2, 0) is 25.0 Å². The molecule has 34 heavy (non-hydrogen) atoms. The molecule has 0 unspecified atom stereocenters. The zero-order valence-corrected chi connectivity index (χ0v) is 20.0. The van der Waals surface area contributed by atoms with E-state index in [1.807, 2.05) is 27.6 Å². The number of hydrogen-bond acceptors (Lipinski definition) is 7. The first-order valence-electron chi connectivity index (χ1n) is 11.3. The summed E-state index contributed by atoms with van der Waals surface area (Å²) >= 11 is 0. The molecule has 5 rings (SSSR count). The monoisotopic (exact) mass is 459 g/mol. The van der Waals surface area contributed by atoms with Crippen molar-refractivity contribution < 1.29 is 0 Å². The van der Waals surface area contributed by atoms with Gasteiger partial charge in [-0.2, -0.15) is 10.1 Å². The molecule has 4 aromatic heterocycles. The Hall–Kier alpha value is -3.79. The Morgan fingerprint density at radius 1 is 1.21 bits per heavy atom. The lowest BCUT2D eigenvalue weighted by Gasteiger charge is -2.22. The second kappa shape index (κ2) is 8.21. The van der Waals surface area contributed by atoms with Crippen LogP contribution in [0.2, 0.25) is 0 Å². The highest BCUT2D eigenvalue weighted by Gasteiger charge is 2.21. The lowest BCUT2D eigenvalue weighted by atomic mass is 9.91. The fourth-order valence-corrected chi connectivity index (χ4v) is 4.17. The highest BCUT2D eigenvalue weighted by atomic mass is 16.1. The molecule has 0 aliphatic carbocycles. The fraction of sp³-hybridized carbons (Fsp3) is 0.375. The standard InChI is InChI=1S/C24H29N9O/c1-6-9-32-22(34)18-14-26-23(27-20-13-17-15-30(5)10-11-31(17)29-20)28-21(18)33(32)16-7-8-25-19(12-16)24(2,3)4/h6-8,12-14H,1,9-11,15H2,2-5H3,(H,26,27,28,29). The van der Waals surface area contributed by atoms with Crippen molar-refractivity contribution in [3.63, 3.8) is 0 Å². The van der Waals surface area contributed by atoms with E-state index in [9.17, 15) is 4.79 Å². The van der Waals surface area contributed by atoms with Gasteiger partial charge in [-0.3, -0.25) is 19.4 Å². The molecule has 0 aromatic carbocycles. The van der Waals surface area contributed by atoms with Crippen molar-refractivity contribution in [3.05, 3.63) is 65.0 Å². The summed E-state index contributed by atoms with van der Waals surface area (Å²) in [5.41, 5.74) is 3.07. The number of anilines is 2. The number of nitrogens with zero attached hydrogens (tertiary/aromatic N) is 8. The van der Waals surface area contributed by atoms with Crippen molar-refractivity contribution in [2.24, 2.45) is 0 Å². The number of allylic oxidation sites excluding steroid dienone is 1. The van der Waals surface area contributed by atoms with Crippen LogP contribution in [0.25, 0.3) is 16.7 Å². The van der Waals surface area contributed by atoms with Crippen LogP contribution in [0.5, 0.6) is 0 Å².